The van der Waals surface area contributed by atoms with Gasteiger partial charge in [0.25, 0.3) is 0 Å². The van der Waals surface area contributed by atoms with E-state index in [1.54, 1.807) is 6.07 Å². The summed E-state index contributed by atoms with van der Waals surface area (Å²) in [6.07, 6.45) is 5.70. The van der Waals surface area contributed by atoms with Crippen LogP contribution in [0.5, 0.6) is 5.75 Å². The molecule has 0 saturated carbocycles. The van der Waals surface area contributed by atoms with Crippen molar-refractivity contribution >= 4 is 5.57 Å². The maximum atomic E-state index is 10.1. The van der Waals surface area contributed by atoms with Gasteiger partial charge in [-0.25, -0.2) is 0 Å². The van der Waals surface area contributed by atoms with E-state index in [0.717, 1.165) is 12.0 Å². The minimum Gasteiger partial charge on any atom is -0.507 e. The number of hydrogen-bond donors (Lipinski definition) is 1. The van der Waals surface area contributed by atoms with E-state index in [2.05, 4.69) is 37.3 Å². The first-order valence-electron chi connectivity index (χ1n) is 7.33. The van der Waals surface area contributed by atoms with Gasteiger partial charge >= 0.3 is 0 Å². The number of benzene rings is 2. The lowest BCUT2D eigenvalue weighted by Gasteiger charge is -2.28. The van der Waals surface area contributed by atoms with Crippen LogP contribution < -0.4 is 0 Å². The summed E-state index contributed by atoms with van der Waals surface area (Å²) in [6, 6.07) is 16.4. The number of hydrogen-bond acceptors (Lipinski definition) is 1. The summed E-state index contributed by atoms with van der Waals surface area (Å²) in [5.74, 6) is 0.780. The molecule has 0 heterocycles. The Labute approximate surface area is 120 Å². The highest BCUT2D eigenvalue weighted by Crippen LogP contribution is 2.42. The average Bonchev–Trinajstić information content (AvgIpc) is 2.50. The average molecular weight is 264 g/mol. The number of para-hydroxylation sites is 1. The van der Waals surface area contributed by atoms with E-state index in [4.69, 9.17) is 0 Å². The smallest absolute Gasteiger partial charge is 0.123 e. The van der Waals surface area contributed by atoms with E-state index in [1.807, 2.05) is 18.2 Å². The molecule has 0 saturated heterocycles. The van der Waals surface area contributed by atoms with Crippen LogP contribution in [0.3, 0.4) is 0 Å². The van der Waals surface area contributed by atoms with Crippen LogP contribution in [0.1, 0.15) is 42.4 Å². The molecular weight excluding hydrogens is 244 g/mol. The summed E-state index contributed by atoms with van der Waals surface area (Å²) < 4.78 is 0. The zero-order chi connectivity index (χ0) is 13.9. The van der Waals surface area contributed by atoms with Crippen LogP contribution >= 0.6 is 0 Å². The molecule has 0 radical (unpaired) electrons. The van der Waals surface area contributed by atoms with Crippen LogP contribution in [0.2, 0.25) is 0 Å². The molecule has 2 aromatic rings. The summed E-state index contributed by atoms with van der Waals surface area (Å²) >= 11 is 0. The first kappa shape index (κ1) is 13.0. The van der Waals surface area contributed by atoms with E-state index in [9.17, 15) is 5.11 Å². The Morgan fingerprint density at radius 1 is 1.10 bits per heavy atom. The van der Waals surface area contributed by atoms with Crippen LogP contribution in [0.15, 0.2) is 54.6 Å². The monoisotopic (exact) mass is 264 g/mol. The van der Waals surface area contributed by atoms with Crippen LogP contribution in [0.4, 0.5) is 0 Å². The van der Waals surface area contributed by atoms with Crippen LogP contribution in [-0.2, 0) is 6.42 Å². The molecular formula is C19H20O. The highest BCUT2D eigenvalue weighted by atomic mass is 16.3. The number of rotatable bonds is 2. The second-order valence-corrected chi connectivity index (χ2v) is 5.40. The van der Waals surface area contributed by atoms with Crippen molar-refractivity contribution in [2.24, 2.45) is 0 Å². The van der Waals surface area contributed by atoms with E-state index in [-0.39, 0.29) is 0 Å². The summed E-state index contributed by atoms with van der Waals surface area (Å²) in [5, 5.41) is 10.1. The molecule has 102 valence electrons. The van der Waals surface area contributed by atoms with Gasteiger partial charge in [-0.1, -0.05) is 48.5 Å². The fraction of sp³-hybridized carbons (Fsp3) is 0.263. The van der Waals surface area contributed by atoms with E-state index in [0.29, 0.717) is 11.7 Å². The molecule has 1 aliphatic carbocycles. The van der Waals surface area contributed by atoms with Gasteiger partial charge < -0.3 is 5.11 Å². The Hall–Kier alpha value is -2.02. The van der Waals surface area contributed by atoms with Gasteiger partial charge in [-0.3, -0.25) is 0 Å². The van der Waals surface area contributed by atoms with E-state index in [1.165, 1.54) is 29.5 Å². The van der Waals surface area contributed by atoms with E-state index < -0.39 is 0 Å². The van der Waals surface area contributed by atoms with Crippen molar-refractivity contribution in [3.8, 4) is 5.75 Å². The van der Waals surface area contributed by atoms with Gasteiger partial charge in [-0.2, -0.15) is 0 Å². The molecule has 0 aromatic heterocycles. The molecule has 0 fully saturated rings. The molecule has 0 amide bonds. The minimum absolute atomic E-state index is 0.378. The second kappa shape index (κ2) is 5.54. The zero-order valence-electron chi connectivity index (χ0n) is 11.8. The Bertz CT molecular complexity index is 640. The Morgan fingerprint density at radius 2 is 1.85 bits per heavy atom. The van der Waals surface area contributed by atoms with Crippen molar-refractivity contribution in [1.29, 1.82) is 0 Å². The number of allylic oxidation sites excluding steroid dienone is 2. The van der Waals surface area contributed by atoms with Crippen LogP contribution in [-0.4, -0.2) is 5.11 Å². The predicted molar refractivity (Wildman–Crippen MR) is 83.9 cm³/mol. The van der Waals surface area contributed by atoms with Gasteiger partial charge in [0.15, 0.2) is 0 Å². The number of aryl methyl sites for hydroxylation is 1. The minimum atomic E-state index is 0.378. The molecule has 1 nitrogen and oxygen atoms in total. The largest absolute Gasteiger partial charge is 0.507 e. The molecule has 3 rings (SSSR count). The molecule has 1 unspecified atom stereocenters. The number of aromatic hydroxyl groups is 1. The highest BCUT2D eigenvalue weighted by Gasteiger charge is 2.24. The van der Waals surface area contributed by atoms with Crippen molar-refractivity contribution < 1.29 is 5.11 Å². The third-order valence-corrected chi connectivity index (χ3v) is 4.27. The van der Waals surface area contributed by atoms with E-state index >= 15 is 0 Å². The van der Waals surface area contributed by atoms with Crippen molar-refractivity contribution in [2.45, 2.75) is 32.1 Å². The molecule has 0 aliphatic heterocycles. The van der Waals surface area contributed by atoms with Crippen molar-refractivity contribution in [3.63, 3.8) is 0 Å². The van der Waals surface area contributed by atoms with Crippen LogP contribution in [0.25, 0.3) is 5.57 Å². The fourth-order valence-corrected chi connectivity index (χ4v) is 3.34. The van der Waals surface area contributed by atoms with Gasteiger partial charge in [-0.15, -0.1) is 0 Å². The quantitative estimate of drug-likeness (QED) is 0.816. The molecule has 1 heteroatoms. The van der Waals surface area contributed by atoms with Crippen molar-refractivity contribution in [1.82, 2.24) is 0 Å². The topological polar surface area (TPSA) is 20.2 Å². The lowest BCUT2D eigenvalue weighted by Crippen LogP contribution is -2.11. The number of fused-ring (bicyclic) bond motifs is 1. The first-order valence-corrected chi connectivity index (χ1v) is 7.33. The van der Waals surface area contributed by atoms with Gasteiger partial charge in [-0.05, 0) is 49.0 Å². The third kappa shape index (κ3) is 2.24. The Kier molecular flexibility index (Phi) is 3.60. The van der Waals surface area contributed by atoms with Gasteiger partial charge in [0.2, 0.25) is 0 Å². The Balaban J connectivity index is 2.07. The van der Waals surface area contributed by atoms with Crippen molar-refractivity contribution in [3.05, 3.63) is 71.3 Å². The third-order valence-electron chi connectivity index (χ3n) is 4.27. The summed E-state index contributed by atoms with van der Waals surface area (Å²) in [7, 11) is 0. The van der Waals surface area contributed by atoms with Crippen LogP contribution in [0, 0.1) is 0 Å². The van der Waals surface area contributed by atoms with Crippen molar-refractivity contribution in [2.75, 3.05) is 0 Å². The molecule has 2 aromatic carbocycles. The summed E-state index contributed by atoms with van der Waals surface area (Å²) in [6.45, 7) is 2.07. The highest BCUT2D eigenvalue weighted by molar-refractivity contribution is 5.75. The predicted octanol–water partition coefficient (Wildman–Crippen LogP) is 4.92. The number of phenols is 1. The molecule has 20 heavy (non-hydrogen) atoms. The first-order chi connectivity index (χ1) is 9.81. The Morgan fingerprint density at radius 3 is 2.65 bits per heavy atom. The van der Waals surface area contributed by atoms with Gasteiger partial charge in [0.1, 0.15) is 5.75 Å². The summed E-state index contributed by atoms with van der Waals surface area (Å²) in [5.41, 5.74) is 5.10. The standard InChI is InChI=1S/C19H20O/c1-2-15(18-11-5-6-13-19(18)20)17-12-7-9-14-8-3-4-10-16(14)17/h2-6,8,10-11,13,17,20H,7,9,12H2,1H3. The zero-order valence-corrected chi connectivity index (χ0v) is 11.8. The fourth-order valence-electron chi connectivity index (χ4n) is 3.34. The lowest BCUT2D eigenvalue weighted by molar-refractivity contribution is 0.472. The maximum absolute atomic E-state index is 10.1. The second-order valence-electron chi connectivity index (χ2n) is 5.40. The molecule has 1 N–H and O–H groups in total. The molecule has 1 aliphatic rings. The molecule has 0 spiro atoms. The SMILES string of the molecule is CC=C(c1ccccc1O)C1CCCc2ccccc21. The van der Waals surface area contributed by atoms with Gasteiger partial charge in [0, 0.05) is 11.5 Å². The number of phenolic OH excluding ortho intramolecular Hbond substituents is 1. The maximum Gasteiger partial charge on any atom is 0.123 e. The lowest BCUT2D eigenvalue weighted by atomic mass is 9.76. The summed E-state index contributed by atoms with van der Waals surface area (Å²) in [4.78, 5) is 0. The van der Waals surface area contributed by atoms with Gasteiger partial charge in [0.05, 0.1) is 0 Å². The molecule has 1 atom stereocenters. The molecule has 0 bridgehead atoms. The normalized spacial score (nSPS) is 18.6.